The number of aromatic nitrogens is 2. The maximum Gasteiger partial charge on any atom is 0.262 e. The second-order valence-corrected chi connectivity index (χ2v) is 7.50. The van der Waals surface area contributed by atoms with Gasteiger partial charge in [0.1, 0.15) is 11.4 Å². The molecule has 2 amide bonds. The van der Waals surface area contributed by atoms with Gasteiger partial charge in [-0.1, -0.05) is 13.8 Å². The molecular formula is C18H27N5O3S. The molecule has 0 aliphatic carbocycles. The van der Waals surface area contributed by atoms with E-state index in [1.165, 1.54) is 22.2 Å². The van der Waals surface area contributed by atoms with Crippen LogP contribution in [-0.4, -0.2) is 59.0 Å². The van der Waals surface area contributed by atoms with E-state index in [1.807, 2.05) is 13.8 Å². The summed E-state index contributed by atoms with van der Waals surface area (Å²) in [5.74, 6) is -0.650. The lowest BCUT2D eigenvalue weighted by Crippen LogP contribution is -2.42. The molecule has 0 bridgehead atoms. The molecule has 2 heterocycles. The fraction of sp³-hybridized carbons (Fsp3) is 0.556. The van der Waals surface area contributed by atoms with Crippen molar-refractivity contribution >= 4 is 33.4 Å². The van der Waals surface area contributed by atoms with Gasteiger partial charge < -0.3 is 15.5 Å². The van der Waals surface area contributed by atoms with Crippen LogP contribution in [0.25, 0.3) is 10.2 Å². The van der Waals surface area contributed by atoms with Crippen molar-refractivity contribution in [3.63, 3.8) is 0 Å². The van der Waals surface area contributed by atoms with Crippen LogP contribution in [0, 0.1) is 13.8 Å². The van der Waals surface area contributed by atoms with Crippen molar-refractivity contribution in [2.45, 2.75) is 34.2 Å². The molecule has 0 spiro atoms. The molecule has 9 heteroatoms. The standard InChI is InChI=1S/C18H27N5O3S/c1-5-22(6-2)8-7-19-14(24)9-20-15(25)10-23-11-21-17-16(18(23)26)12(3)13(4)27-17/h11H,5-10H2,1-4H3,(H,19,24)(H,20,25). The van der Waals surface area contributed by atoms with Crippen molar-refractivity contribution in [2.24, 2.45) is 0 Å². The van der Waals surface area contributed by atoms with Gasteiger partial charge >= 0.3 is 0 Å². The Kier molecular flexibility index (Phi) is 7.49. The van der Waals surface area contributed by atoms with Crippen LogP contribution in [0.2, 0.25) is 0 Å². The summed E-state index contributed by atoms with van der Waals surface area (Å²) >= 11 is 1.47. The zero-order valence-electron chi connectivity index (χ0n) is 16.3. The highest BCUT2D eigenvalue weighted by atomic mass is 32.1. The number of rotatable bonds is 9. The molecule has 2 aromatic heterocycles. The number of nitrogens with one attached hydrogen (secondary N) is 2. The van der Waals surface area contributed by atoms with Gasteiger partial charge in [-0.15, -0.1) is 11.3 Å². The summed E-state index contributed by atoms with van der Waals surface area (Å²) < 4.78 is 1.27. The van der Waals surface area contributed by atoms with Crippen LogP contribution in [0.15, 0.2) is 11.1 Å². The van der Waals surface area contributed by atoms with Crippen LogP contribution in [-0.2, 0) is 16.1 Å². The first-order chi connectivity index (χ1) is 12.9. The number of carbonyl (C=O) groups is 2. The van der Waals surface area contributed by atoms with Crippen molar-refractivity contribution in [1.82, 2.24) is 25.1 Å². The summed E-state index contributed by atoms with van der Waals surface area (Å²) in [5.41, 5.74) is 0.663. The Hall–Kier alpha value is -2.26. The zero-order chi connectivity index (χ0) is 20.0. The molecule has 0 saturated heterocycles. The van der Waals surface area contributed by atoms with Gasteiger partial charge in [-0.25, -0.2) is 4.98 Å². The summed E-state index contributed by atoms with van der Waals surface area (Å²) in [6.07, 6.45) is 1.38. The third kappa shape index (κ3) is 5.36. The molecule has 27 heavy (non-hydrogen) atoms. The molecule has 0 fully saturated rings. The first-order valence-electron chi connectivity index (χ1n) is 9.08. The minimum absolute atomic E-state index is 0.113. The summed E-state index contributed by atoms with van der Waals surface area (Å²) in [6, 6.07) is 0. The van der Waals surface area contributed by atoms with E-state index in [1.54, 1.807) is 0 Å². The Morgan fingerprint density at radius 1 is 1.19 bits per heavy atom. The Balaban J connectivity index is 1.86. The molecule has 2 aromatic rings. The van der Waals surface area contributed by atoms with Crippen molar-refractivity contribution in [3.8, 4) is 0 Å². The predicted octanol–water partition coefficient (Wildman–Crippen LogP) is 0.649. The summed E-state index contributed by atoms with van der Waals surface area (Å²) in [6.45, 7) is 10.8. The number of hydrogen-bond donors (Lipinski definition) is 2. The van der Waals surface area contributed by atoms with Crippen LogP contribution >= 0.6 is 11.3 Å². The van der Waals surface area contributed by atoms with Gasteiger partial charge in [0.2, 0.25) is 11.8 Å². The number of thiophene rings is 1. The van der Waals surface area contributed by atoms with Gasteiger partial charge in [0.05, 0.1) is 18.3 Å². The van der Waals surface area contributed by atoms with Crippen molar-refractivity contribution < 1.29 is 9.59 Å². The molecule has 0 atom stereocenters. The molecule has 8 nitrogen and oxygen atoms in total. The smallest absolute Gasteiger partial charge is 0.262 e. The lowest BCUT2D eigenvalue weighted by molar-refractivity contribution is -0.126. The van der Waals surface area contributed by atoms with Crippen molar-refractivity contribution in [2.75, 3.05) is 32.7 Å². The summed E-state index contributed by atoms with van der Waals surface area (Å²) in [7, 11) is 0. The monoisotopic (exact) mass is 393 g/mol. The minimum Gasteiger partial charge on any atom is -0.353 e. The maximum absolute atomic E-state index is 12.6. The third-order valence-corrected chi connectivity index (χ3v) is 5.68. The lowest BCUT2D eigenvalue weighted by atomic mass is 10.2. The van der Waals surface area contributed by atoms with E-state index in [9.17, 15) is 14.4 Å². The van der Waals surface area contributed by atoms with E-state index in [2.05, 4.69) is 34.4 Å². The van der Waals surface area contributed by atoms with Crippen molar-refractivity contribution in [1.29, 1.82) is 0 Å². The van der Waals surface area contributed by atoms with E-state index in [0.717, 1.165) is 30.1 Å². The zero-order valence-corrected chi connectivity index (χ0v) is 17.1. The van der Waals surface area contributed by atoms with Gasteiger partial charge in [0, 0.05) is 18.0 Å². The Bertz CT molecular complexity index is 870. The highest BCUT2D eigenvalue weighted by Gasteiger charge is 2.14. The quantitative estimate of drug-likeness (QED) is 0.652. The van der Waals surface area contributed by atoms with Crippen molar-refractivity contribution in [3.05, 3.63) is 27.1 Å². The number of carbonyl (C=O) groups excluding carboxylic acids is 2. The maximum atomic E-state index is 12.6. The van der Waals surface area contributed by atoms with Gasteiger partial charge in [-0.3, -0.25) is 19.0 Å². The average molecular weight is 394 g/mol. The van der Waals surface area contributed by atoms with E-state index in [0.29, 0.717) is 16.8 Å². The first kappa shape index (κ1) is 21.0. The highest BCUT2D eigenvalue weighted by Crippen LogP contribution is 2.25. The molecule has 0 saturated carbocycles. The molecule has 2 rings (SSSR count). The number of nitrogens with zero attached hydrogens (tertiary/aromatic N) is 3. The van der Waals surface area contributed by atoms with E-state index >= 15 is 0 Å². The largest absolute Gasteiger partial charge is 0.353 e. The molecule has 0 aliphatic rings. The first-order valence-corrected chi connectivity index (χ1v) is 9.89. The molecule has 0 radical (unpaired) electrons. The molecule has 0 unspecified atom stereocenters. The topological polar surface area (TPSA) is 96.3 Å². The Labute approximate surface area is 162 Å². The number of likely N-dealkylation sites (N-methyl/N-ethyl adjacent to an activating group) is 1. The van der Waals surface area contributed by atoms with Gasteiger partial charge in [0.25, 0.3) is 5.56 Å². The second kappa shape index (κ2) is 9.61. The van der Waals surface area contributed by atoms with E-state index in [4.69, 9.17) is 0 Å². The van der Waals surface area contributed by atoms with Gasteiger partial charge in [-0.05, 0) is 32.5 Å². The second-order valence-electron chi connectivity index (χ2n) is 6.29. The number of aryl methyl sites for hydroxylation is 2. The van der Waals surface area contributed by atoms with Crippen LogP contribution in [0.5, 0.6) is 0 Å². The lowest BCUT2D eigenvalue weighted by Gasteiger charge is -2.18. The number of fused-ring (bicyclic) bond motifs is 1. The third-order valence-electron chi connectivity index (χ3n) is 4.56. The SMILES string of the molecule is CCN(CC)CCNC(=O)CNC(=O)Cn1cnc2sc(C)c(C)c2c1=O. The van der Waals surface area contributed by atoms with Crippen LogP contribution < -0.4 is 16.2 Å². The summed E-state index contributed by atoms with van der Waals surface area (Å²) in [5, 5.41) is 5.87. The number of hydrogen-bond acceptors (Lipinski definition) is 6. The molecule has 148 valence electrons. The average Bonchev–Trinajstić information content (AvgIpc) is 2.94. The molecule has 2 N–H and O–H groups in total. The Morgan fingerprint density at radius 3 is 2.56 bits per heavy atom. The normalized spacial score (nSPS) is 11.1. The number of amides is 2. The molecular weight excluding hydrogens is 366 g/mol. The van der Waals surface area contributed by atoms with Crippen LogP contribution in [0.3, 0.4) is 0 Å². The molecule has 0 aromatic carbocycles. The van der Waals surface area contributed by atoms with Crippen LogP contribution in [0.4, 0.5) is 0 Å². The fourth-order valence-corrected chi connectivity index (χ4v) is 3.72. The highest BCUT2D eigenvalue weighted by molar-refractivity contribution is 7.18. The van der Waals surface area contributed by atoms with Crippen LogP contribution in [0.1, 0.15) is 24.3 Å². The van der Waals surface area contributed by atoms with E-state index in [-0.39, 0.29) is 24.6 Å². The fourth-order valence-electron chi connectivity index (χ4n) is 2.73. The Morgan fingerprint density at radius 2 is 1.89 bits per heavy atom. The minimum atomic E-state index is -0.401. The van der Waals surface area contributed by atoms with E-state index < -0.39 is 5.91 Å². The predicted molar refractivity (Wildman–Crippen MR) is 107 cm³/mol. The van der Waals surface area contributed by atoms with Gasteiger partial charge in [0.15, 0.2) is 0 Å². The van der Waals surface area contributed by atoms with Gasteiger partial charge in [-0.2, -0.15) is 0 Å². The molecule has 0 aliphatic heterocycles. The summed E-state index contributed by atoms with van der Waals surface area (Å²) in [4.78, 5) is 44.7.